The van der Waals surface area contributed by atoms with Crippen molar-refractivity contribution in [2.75, 3.05) is 13.1 Å². The Bertz CT molecular complexity index is 477. The summed E-state index contributed by atoms with van der Waals surface area (Å²) in [6, 6.07) is 13.2. The molecule has 0 aromatic heterocycles. The molecule has 1 aliphatic heterocycles. The Morgan fingerprint density at radius 1 is 1.15 bits per heavy atom. The molecular formula is C18H26N2. The monoisotopic (exact) mass is 270 g/mol. The Morgan fingerprint density at radius 2 is 1.85 bits per heavy atom. The molecule has 2 aliphatic carbocycles. The van der Waals surface area contributed by atoms with E-state index < -0.39 is 0 Å². The van der Waals surface area contributed by atoms with Crippen molar-refractivity contribution in [1.29, 1.82) is 0 Å². The topological polar surface area (TPSA) is 15.3 Å². The highest BCUT2D eigenvalue weighted by Crippen LogP contribution is 2.52. The van der Waals surface area contributed by atoms with Crippen LogP contribution in [0.5, 0.6) is 0 Å². The van der Waals surface area contributed by atoms with Crippen molar-refractivity contribution in [3.05, 3.63) is 35.9 Å². The van der Waals surface area contributed by atoms with Gasteiger partial charge in [0.15, 0.2) is 0 Å². The fourth-order valence-corrected chi connectivity index (χ4v) is 3.95. The average molecular weight is 270 g/mol. The Kier molecular flexibility index (Phi) is 2.94. The van der Waals surface area contributed by atoms with E-state index in [1.165, 1.54) is 31.4 Å². The normalized spacial score (nSPS) is 36.8. The van der Waals surface area contributed by atoms with E-state index in [1.807, 2.05) is 0 Å². The van der Waals surface area contributed by atoms with Gasteiger partial charge in [-0.3, -0.25) is 4.90 Å². The van der Waals surface area contributed by atoms with Gasteiger partial charge in [-0.1, -0.05) is 44.2 Å². The van der Waals surface area contributed by atoms with Crippen molar-refractivity contribution in [1.82, 2.24) is 10.2 Å². The molecular weight excluding hydrogens is 244 g/mol. The summed E-state index contributed by atoms with van der Waals surface area (Å²) in [5, 5.41) is 3.83. The Hall–Kier alpha value is -0.860. The highest BCUT2D eigenvalue weighted by molar-refractivity contribution is 5.22. The van der Waals surface area contributed by atoms with Crippen LogP contribution in [0.3, 0.4) is 0 Å². The van der Waals surface area contributed by atoms with Gasteiger partial charge in [0.25, 0.3) is 0 Å². The van der Waals surface area contributed by atoms with Crippen LogP contribution in [0.25, 0.3) is 0 Å². The summed E-state index contributed by atoms with van der Waals surface area (Å²) in [5.41, 5.74) is 2.01. The Labute approximate surface area is 122 Å². The zero-order valence-electron chi connectivity index (χ0n) is 12.7. The minimum absolute atomic E-state index is 0.526. The fourth-order valence-electron chi connectivity index (χ4n) is 3.95. The number of hydrogen-bond donors (Lipinski definition) is 1. The molecule has 0 spiro atoms. The van der Waals surface area contributed by atoms with Crippen LogP contribution in [0.15, 0.2) is 30.3 Å². The van der Waals surface area contributed by atoms with Gasteiger partial charge in [-0.15, -0.1) is 0 Å². The van der Waals surface area contributed by atoms with Crippen LogP contribution in [0.2, 0.25) is 0 Å². The first-order valence-electron chi connectivity index (χ1n) is 8.19. The molecule has 0 radical (unpaired) electrons. The number of benzene rings is 1. The maximum Gasteiger partial charge on any atom is 0.0476 e. The summed E-state index contributed by atoms with van der Waals surface area (Å²) in [7, 11) is 0. The maximum absolute atomic E-state index is 3.83. The summed E-state index contributed by atoms with van der Waals surface area (Å²) < 4.78 is 0. The zero-order chi connectivity index (χ0) is 13.7. The van der Waals surface area contributed by atoms with Crippen LogP contribution >= 0.6 is 0 Å². The third kappa shape index (κ3) is 2.29. The standard InChI is InChI=1S/C18H26N2/c1-18(2)10-17(18)20-12-15(13-8-9-13)19-11-16(20)14-6-4-3-5-7-14/h3-7,13,15-17,19H,8-12H2,1-2H3. The molecule has 1 N–H and O–H groups in total. The van der Waals surface area contributed by atoms with Crippen molar-refractivity contribution >= 4 is 0 Å². The van der Waals surface area contributed by atoms with Gasteiger partial charge in [0.05, 0.1) is 0 Å². The first-order valence-corrected chi connectivity index (χ1v) is 8.19. The number of piperazine rings is 1. The van der Waals surface area contributed by atoms with Gasteiger partial charge in [0.2, 0.25) is 0 Å². The minimum atomic E-state index is 0.526. The predicted octanol–water partition coefficient (Wildman–Crippen LogP) is 3.21. The average Bonchev–Trinajstić information content (AvgIpc) is 3.36. The quantitative estimate of drug-likeness (QED) is 0.907. The summed E-state index contributed by atoms with van der Waals surface area (Å²) in [6.45, 7) is 7.22. The summed E-state index contributed by atoms with van der Waals surface area (Å²) >= 11 is 0. The zero-order valence-corrected chi connectivity index (χ0v) is 12.7. The van der Waals surface area contributed by atoms with E-state index in [4.69, 9.17) is 0 Å². The molecule has 3 unspecified atom stereocenters. The predicted molar refractivity (Wildman–Crippen MR) is 82.6 cm³/mol. The van der Waals surface area contributed by atoms with Crippen molar-refractivity contribution < 1.29 is 0 Å². The van der Waals surface area contributed by atoms with E-state index in [0.717, 1.165) is 24.5 Å². The van der Waals surface area contributed by atoms with Crippen molar-refractivity contribution in [3.8, 4) is 0 Å². The van der Waals surface area contributed by atoms with Crippen LogP contribution in [0, 0.1) is 11.3 Å². The molecule has 2 nitrogen and oxygen atoms in total. The van der Waals surface area contributed by atoms with Gasteiger partial charge in [-0.05, 0) is 36.2 Å². The van der Waals surface area contributed by atoms with Crippen LogP contribution in [-0.4, -0.2) is 30.1 Å². The molecule has 3 atom stereocenters. The lowest BCUT2D eigenvalue weighted by atomic mass is 9.98. The van der Waals surface area contributed by atoms with E-state index in [2.05, 4.69) is 54.4 Å². The molecule has 1 saturated heterocycles. The lowest BCUT2D eigenvalue weighted by Gasteiger charge is -2.42. The van der Waals surface area contributed by atoms with E-state index in [0.29, 0.717) is 11.5 Å². The van der Waals surface area contributed by atoms with Crippen LogP contribution < -0.4 is 5.32 Å². The van der Waals surface area contributed by atoms with Crippen molar-refractivity contribution in [2.45, 2.75) is 51.2 Å². The largest absolute Gasteiger partial charge is 0.311 e. The molecule has 0 bridgehead atoms. The van der Waals surface area contributed by atoms with Crippen molar-refractivity contribution in [3.63, 3.8) is 0 Å². The highest BCUT2D eigenvalue weighted by Gasteiger charge is 2.53. The first kappa shape index (κ1) is 12.8. The molecule has 108 valence electrons. The second-order valence-corrected chi connectivity index (χ2v) is 7.68. The lowest BCUT2D eigenvalue weighted by molar-refractivity contribution is 0.101. The number of nitrogens with one attached hydrogen (secondary N) is 1. The van der Waals surface area contributed by atoms with E-state index >= 15 is 0 Å². The Morgan fingerprint density at radius 3 is 2.45 bits per heavy atom. The van der Waals surface area contributed by atoms with E-state index in [9.17, 15) is 0 Å². The first-order chi connectivity index (χ1) is 9.65. The molecule has 2 saturated carbocycles. The molecule has 3 fully saturated rings. The molecule has 0 amide bonds. The molecule has 1 heterocycles. The summed E-state index contributed by atoms with van der Waals surface area (Å²) in [5.74, 6) is 0.955. The number of hydrogen-bond acceptors (Lipinski definition) is 2. The van der Waals surface area contributed by atoms with E-state index in [-0.39, 0.29) is 0 Å². The molecule has 1 aromatic carbocycles. The minimum Gasteiger partial charge on any atom is -0.311 e. The van der Waals surface area contributed by atoms with E-state index in [1.54, 1.807) is 0 Å². The third-order valence-electron chi connectivity index (χ3n) is 5.62. The van der Waals surface area contributed by atoms with Gasteiger partial charge in [-0.2, -0.15) is 0 Å². The van der Waals surface area contributed by atoms with Gasteiger partial charge in [-0.25, -0.2) is 0 Å². The van der Waals surface area contributed by atoms with Crippen LogP contribution in [0.1, 0.15) is 44.7 Å². The third-order valence-corrected chi connectivity index (χ3v) is 5.62. The van der Waals surface area contributed by atoms with Gasteiger partial charge < -0.3 is 5.32 Å². The molecule has 20 heavy (non-hydrogen) atoms. The van der Waals surface area contributed by atoms with Gasteiger partial charge in [0, 0.05) is 31.2 Å². The highest BCUT2D eigenvalue weighted by atomic mass is 15.3. The van der Waals surface area contributed by atoms with Gasteiger partial charge >= 0.3 is 0 Å². The lowest BCUT2D eigenvalue weighted by Crippen LogP contribution is -2.54. The molecule has 4 rings (SSSR count). The molecule has 2 heteroatoms. The van der Waals surface area contributed by atoms with Gasteiger partial charge in [0.1, 0.15) is 0 Å². The second-order valence-electron chi connectivity index (χ2n) is 7.68. The summed E-state index contributed by atoms with van der Waals surface area (Å²) in [6.07, 6.45) is 4.25. The molecule has 3 aliphatic rings. The summed E-state index contributed by atoms with van der Waals surface area (Å²) in [4.78, 5) is 2.81. The molecule has 1 aromatic rings. The number of rotatable bonds is 3. The smallest absolute Gasteiger partial charge is 0.0476 e. The Balaban J connectivity index is 1.57. The fraction of sp³-hybridized carbons (Fsp3) is 0.667. The van der Waals surface area contributed by atoms with Crippen molar-refractivity contribution in [2.24, 2.45) is 11.3 Å². The second kappa shape index (κ2) is 4.57. The maximum atomic E-state index is 3.83. The van der Waals surface area contributed by atoms with Crippen LogP contribution in [-0.2, 0) is 0 Å². The van der Waals surface area contributed by atoms with Crippen LogP contribution in [0.4, 0.5) is 0 Å². The number of nitrogens with zero attached hydrogens (tertiary/aromatic N) is 1. The SMILES string of the molecule is CC1(C)CC1N1CC(C2CC2)NCC1c1ccccc1.